The molecule has 0 saturated heterocycles. The van der Waals surface area contributed by atoms with E-state index in [0.29, 0.717) is 0 Å². The van der Waals surface area contributed by atoms with Gasteiger partial charge in [-0.05, 0) is 45.3 Å². The summed E-state index contributed by atoms with van der Waals surface area (Å²) in [5.41, 5.74) is 4.93. The van der Waals surface area contributed by atoms with Crippen LogP contribution >= 0.6 is 0 Å². The summed E-state index contributed by atoms with van der Waals surface area (Å²) in [6.07, 6.45) is 11.6. The van der Waals surface area contributed by atoms with Gasteiger partial charge in [-0.2, -0.15) is 0 Å². The van der Waals surface area contributed by atoms with E-state index < -0.39 is 0 Å². The number of rotatable bonds is 5. The van der Waals surface area contributed by atoms with Gasteiger partial charge in [0.2, 0.25) is 0 Å². The number of hydrogen-bond acceptors (Lipinski definition) is 0. The Balaban J connectivity index is 4.57. The van der Waals surface area contributed by atoms with Crippen LogP contribution in [0, 0.1) is 0 Å². The molecule has 0 bridgehead atoms. The highest BCUT2D eigenvalue weighted by Crippen LogP contribution is 2.11. The van der Waals surface area contributed by atoms with Gasteiger partial charge in [0.05, 0.1) is 0 Å². The molecule has 0 aliphatic heterocycles. The van der Waals surface area contributed by atoms with Crippen LogP contribution in [0.25, 0.3) is 0 Å². The van der Waals surface area contributed by atoms with Crippen molar-refractivity contribution >= 4 is 0 Å². The van der Waals surface area contributed by atoms with E-state index in [1.54, 1.807) is 0 Å². The van der Waals surface area contributed by atoms with E-state index in [9.17, 15) is 0 Å². The van der Waals surface area contributed by atoms with Gasteiger partial charge in [0, 0.05) is 0 Å². The van der Waals surface area contributed by atoms with Crippen LogP contribution in [0.1, 0.15) is 41.0 Å². The Bertz CT molecular complexity index is 346. The maximum atomic E-state index is 4.05. The Hall–Kier alpha value is -1.30. The SMILES string of the molecule is C=C(/C=C\C(C)=C/C)/C(C)=C/C=C(/C)CC. The van der Waals surface area contributed by atoms with E-state index in [4.69, 9.17) is 0 Å². The highest BCUT2D eigenvalue weighted by molar-refractivity contribution is 5.40. The van der Waals surface area contributed by atoms with Crippen LogP contribution in [0.4, 0.5) is 0 Å². The second-order valence-electron chi connectivity index (χ2n) is 4.11. The molecule has 0 amide bonds. The van der Waals surface area contributed by atoms with Crippen LogP contribution in [0.3, 0.4) is 0 Å². The molecule has 0 spiro atoms. The second-order valence-corrected chi connectivity index (χ2v) is 4.11. The van der Waals surface area contributed by atoms with Crippen LogP contribution in [0.5, 0.6) is 0 Å². The van der Waals surface area contributed by atoms with Gasteiger partial charge in [-0.25, -0.2) is 0 Å². The molecule has 0 heterocycles. The van der Waals surface area contributed by atoms with Crippen molar-refractivity contribution in [3.8, 4) is 0 Å². The van der Waals surface area contributed by atoms with E-state index in [0.717, 1.165) is 12.0 Å². The Morgan fingerprint density at radius 1 is 1.06 bits per heavy atom. The van der Waals surface area contributed by atoms with Crippen molar-refractivity contribution in [3.63, 3.8) is 0 Å². The van der Waals surface area contributed by atoms with Crippen molar-refractivity contribution in [2.75, 3.05) is 0 Å². The normalized spacial score (nSPS) is 14.7. The first-order valence-electron chi connectivity index (χ1n) is 5.85. The summed E-state index contributed by atoms with van der Waals surface area (Å²) in [5.74, 6) is 0. The van der Waals surface area contributed by atoms with Crippen LogP contribution in [0.2, 0.25) is 0 Å². The van der Waals surface area contributed by atoms with E-state index in [1.807, 2.05) is 6.92 Å². The van der Waals surface area contributed by atoms with Gasteiger partial charge in [0.25, 0.3) is 0 Å². The molecule has 0 radical (unpaired) electrons. The average molecular weight is 216 g/mol. The highest BCUT2D eigenvalue weighted by atomic mass is 14.0. The minimum Gasteiger partial charge on any atom is -0.0915 e. The Kier molecular flexibility index (Phi) is 7.28. The first-order valence-corrected chi connectivity index (χ1v) is 5.85. The molecule has 0 aromatic heterocycles. The van der Waals surface area contributed by atoms with Crippen LogP contribution in [-0.2, 0) is 0 Å². The van der Waals surface area contributed by atoms with E-state index >= 15 is 0 Å². The topological polar surface area (TPSA) is 0 Å². The third-order valence-electron chi connectivity index (χ3n) is 2.68. The summed E-state index contributed by atoms with van der Waals surface area (Å²) < 4.78 is 0. The van der Waals surface area contributed by atoms with Crippen molar-refractivity contribution in [2.45, 2.75) is 41.0 Å². The minimum absolute atomic E-state index is 1.07. The van der Waals surface area contributed by atoms with Gasteiger partial charge in [0.15, 0.2) is 0 Å². The molecule has 0 N–H and O–H groups in total. The fourth-order valence-corrected chi connectivity index (χ4v) is 0.952. The van der Waals surface area contributed by atoms with Gasteiger partial charge in [-0.15, -0.1) is 0 Å². The molecule has 0 saturated carbocycles. The molecule has 0 rings (SSSR count). The fourth-order valence-electron chi connectivity index (χ4n) is 0.952. The van der Waals surface area contributed by atoms with Crippen LogP contribution in [-0.4, -0.2) is 0 Å². The van der Waals surface area contributed by atoms with Gasteiger partial charge in [0.1, 0.15) is 0 Å². The number of hydrogen-bond donors (Lipinski definition) is 0. The third kappa shape index (κ3) is 6.23. The lowest BCUT2D eigenvalue weighted by atomic mass is 10.1. The largest absolute Gasteiger partial charge is 0.0915 e. The minimum atomic E-state index is 1.07. The monoisotopic (exact) mass is 216 g/mol. The zero-order valence-corrected chi connectivity index (χ0v) is 11.3. The van der Waals surface area contributed by atoms with Crippen LogP contribution in [0.15, 0.2) is 59.3 Å². The smallest absolute Gasteiger partial charge is 0.0299 e. The summed E-state index contributed by atoms with van der Waals surface area (Å²) in [4.78, 5) is 0. The van der Waals surface area contributed by atoms with Crippen LogP contribution < -0.4 is 0 Å². The Morgan fingerprint density at radius 2 is 1.69 bits per heavy atom. The van der Waals surface area contributed by atoms with E-state index in [2.05, 4.69) is 64.7 Å². The molecule has 0 aliphatic carbocycles. The lowest BCUT2D eigenvalue weighted by Crippen LogP contribution is -1.79. The molecule has 0 aromatic rings. The van der Waals surface area contributed by atoms with Crippen molar-refractivity contribution in [1.29, 1.82) is 0 Å². The van der Waals surface area contributed by atoms with Gasteiger partial charge >= 0.3 is 0 Å². The maximum Gasteiger partial charge on any atom is -0.0299 e. The fraction of sp³-hybridized carbons (Fsp3) is 0.375. The van der Waals surface area contributed by atoms with E-state index in [-0.39, 0.29) is 0 Å². The van der Waals surface area contributed by atoms with Gasteiger partial charge in [-0.3, -0.25) is 0 Å². The highest BCUT2D eigenvalue weighted by Gasteiger charge is 1.91. The van der Waals surface area contributed by atoms with Crippen molar-refractivity contribution in [1.82, 2.24) is 0 Å². The zero-order valence-electron chi connectivity index (χ0n) is 11.3. The third-order valence-corrected chi connectivity index (χ3v) is 2.68. The van der Waals surface area contributed by atoms with Crippen molar-refractivity contribution < 1.29 is 0 Å². The molecule has 0 unspecified atom stereocenters. The molecule has 0 fully saturated rings. The molecule has 0 heteroatoms. The van der Waals surface area contributed by atoms with E-state index in [1.165, 1.54) is 16.7 Å². The quantitative estimate of drug-likeness (QED) is 0.542. The van der Waals surface area contributed by atoms with Crippen molar-refractivity contribution in [3.05, 3.63) is 59.3 Å². The molecular weight excluding hydrogens is 192 g/mol. The summed E-state index contributed by atoms with van der Waals surface area (Å²) in [5, 5.41) is 0. The first-order chi connectivity index (χ1) is 7.51. The summed E-state index contributed by atoms with van der Waals surface area (Å²) in [6.45, 7) is 14.6. The predicted molar refractivity (Wildman–Crippen MR) is 75.5 cm³/mol. The molecular formula is C16H24. The molecule has 0 aromatic carbocycles. The summed E-state index contributed by atoms with van der Waals surface area (Å²) >= 11 is 0. The molecule has 88 valence electrons. The standard InChI is InChI=1S/C16H24/c1-7-13(3)9-11-15(5)16(6)12-10-14(4)8-2/h7,9-12H,5,8H2,1-4,6H3/b11-9-,13-7-,14-10-,16-12+. The lowest BCUT2D eigenvalue weighted by molar-refractivity contribution is 1.10. The number of allylic oxidation sites excluding steroid dienone is 9. The Labute approximate surface area is 101 Å². The van der Waals surface area contributed by atoms with Gasteiger partial charge in [-0.1, -0.05) is 55.0 Å². The maximum absolute atomic E-state index is 4.05. The summed E-state index contributed by atoms with van der Waals surface area (Å²) in [6, 6.07) is 0. The van der Waals surface area contributed by atoms with Gasteiger partial charge < -0.3 is 0 Å². The zero-order chi connectivity index (χ0) is 12.6. The average Bonchev–Trinajstić information content (AvgIpc) is 2.31. The second kappa shape index (κ2) is 7.92. The van der Waals surface area contributed by atoms with Crippen molar-refractivity contribution in [2.24, 2.45) is 0 Å². The first kappa shape index (κ1) is 14.7. The molecule has 16 heavy (non-hydrogen) atoms. The Morgan fingerprint density at radius 3 is 2.19 bits per heavy atom. The predicted octanol–water partition coefficient (Wildman–Crippen LogP) is 5.37. The molecule has 0 atom stereocenters. The lowest BCUT2D eigenvalue weighted by Gasteiger charge is -1.99. The molecule has 0 nitrogen and oxygen atoms in total. The molecule has 0 aliphatic rings. The summed E-state index contributed by atoms with van der Waals surface area (Å²) in [7, 11) is 0.